The standard InChI is InChI=1S/C20H23N3O/c24-20(22-18-13-17(18)15-7-2-1-3-8-15)16-9-6-12-23(14-16)19-10-4-5-11-21-19/h1-5,7-8,10-11,16-18H,6,9,12-14H2,(H,22,24)/t16-,17+,18-/m1/s1. The lowest BCUT2D eigenvalue weighted by atomic mass is 9.97. The Balaban J connectivity index is 1.34. The summed E-state index contributed by atoms with van der Waals surface area (Å²) in [6.07, 6.45) is 4.89. The van der Waals surface area contributed by atoms with Crippen LogP contribution < -0.4 is 10.2 Å². The minimum atomic E-state index is 0.0674. The van der Waals surface area contributed by atoms with Crippen molar-refractivity contribution in [3.05, 3.63) is 60.3 Å². The number of pyridine rings is 1. The second-order valence-corrected chi connectivity index (χ2v) is 6.84. The molecule has 0 radical (unpaired) electrons. The molecule has 2 aliphatic rings. The van der Waals surface area contributed by atoms with Gasteiger partial charge in [-0.25, -0.2) is 4.98 Å². The molecular formula is C20H23N3O. The minimum absolute atomic E-state index is 0.0674. The van der Waals surface area contributed by atoms with E-state index in [9.17, 15) is 4.79 Å². The zero-order valence-corrected chi connectivity index (χ0v) is 13.8. The number of anilines is 1. The molecular weight excluding hydrogens is 298 g/mol. The topological polar surface area (TPSA) is 45.2 Å². The Morgan fingerprint density at radius 3 is 2.75 bits per heavy atom. The Labute approximate surface area is 142 Å². The first-order chi connectivity index (χ1) is 11.8. The van der Waals surface area contributed by atoms with Gasteiger partial charge in [-0.05, 0) is 37.0 Å². The highest BCUT2D eigenvalue weighted by molar-refractivity contribution is 5.80. The van der Waals surface area contributed by atoms with Gasteiger partial charge in [0.15, 0.2) is 0 Å². The van der Waals surface area contributed by atoms with Crippen molar-refractivity contribution in [3.8, 4) is 0 Å². The summed E-state index contributed by atoms with van der Waals surface area (Å²) in [7, 11) is 0. The molecule has 1 aliphatic carbocycles. The first-order valence-corrected chi connectivity index (χ1v) is 8.82. The summed E-state index contributed by atoms with van der Waals surface area (Å²) in [5, 5.41) is 3.26. The van der Waals surface area contributed by atoms with E-state index in [-0.39, 0.29) is 11.8 Å². The fourth-order valence-electron chi connectivity index (χ4n) is 3.66. The van der Waals surface area contributed by atoms with Crippen molar-refractivity contribution in [1.29, 1.82) is 0 Å². The van der Waals surface area contributed by atoms with Crippen LogP contribution in [0.2, 0.25) is 0 Å². The van der Waals surface area contributed by atoms with Crippen LogP contribution in [0.3, 0.4) is 0 Å². The van der Waals surface area contributed by atoms with Gasteiger partial charge in [0, 0.05) is 31.2 Å². The maximum Gasteiger partial charge on any atom is 0.225 e. The molecule has 1 aliphatic heterocycles. The molecule has 1 saturated heterocycles. The van der Waals surface area contributed by atoms with Gasteiger partial charge in [-0.3, -0.25) is 4.79 Å². The normalized spacial score (nSPS) is 26.0. The third-order valence-corrected chi connectivity index (χ3v) is 5.11. The third-order valence-electron chi connectivity index (χ3n) is 5.11. The molecule has 3 atom stereocenters. The summed E-state index contributed by atoms with van der Waals surface area (Å²) in [5.41, 5.74) is 1.33. The van der Waals surface area contributed by atoms with Crippen molar-refractivity contribution >= 4 is 11.7 Å². The molecule has 1 aromatic carbocycles. The lowest BCUT2D eigenvalue weighted by Crippen LogP contribution is -2.44. The van der Waals surface area contributed by atoms with Crippen LogP contribution in [-0.4, -0.2) is 30.0 Å². The number of benzene rings is 1. The van der Waals surface area contributed by atoms with Gasteiger partial charge >= 0.3 is 0 Å². The number of hydrogen-bond acceptors (Lipinski definition) is 3. The van der Waals surface area contributed by atoms with Gasteiger partial charge < -0.3 is 10.2 Å². The Hall–Kier alpha value is -2.36. The van der Waals surface area contributed by atoms with Crippen molar-refractivity contribution in [2.75, 3.05) is 18.0 Å². The summed E-state index contributed by atoms with van der Waals surface area (Å²) in [5.74, 6) is 1.74. The Morgan fingerprint density at radius 1 is 1.12 bits per heavy atom. The average Bonchev–Trinajstić information content (AvgIpc) is 3.42. The quantitative estimate of drug-likeness (QED) is 0.941. The lowest BCUT2D eigenvalue weighted by molar-refractivity contribution is -0.125. The Bertz CT molecular complexity index is 689. The van der Waals surface area contributed by atoms with E-state index in [1.165, 1.54) is 5.56 Å². The van der Waals surface area contributed by atoms with Crippen molar-refractivity contribution in [2.45, 2.75) is 31.2 Å². The van der Waals surface area contributed by atoms with Crippen LogP contribution in [0.15, 0.2) is 54.7 Å². The average molecular weight is 321 g/mol. The van der Waals surface area contributed by atoms with E-state index in [1.807, 2.05) is 30.5 Å². The molecule has 4 nitrogen and oxygen atoms in total. The van der Waals surface area contributed by atoms with Crippen LogP contribution in [0.25, 0.3) is 0 Å². The summed E-state index contributed by atoms with van der Waals surface area (Å²) in [6.45, 7) is 1.75. The fourth-order valence-corrected chi connectivity index (χ4v) is 3.66. The number of nitrogens with zero attached hydrogens (tertiary/aromatic N) is 2. The second-order valence-electron chi connectivity index (χ2n) is 6.84. The molecule has 1 N–H and O–H groups in total. The first-order valence-electron chi connectivity index (χ1n) is 8.82. The van der Waals surface area contributed by atoms with Crippen LogP contribution in [0.5, 0.6) is 0 Å². The minimum Gasteiger partial charge on any atom is -0.356 e. The van der Waals surface area contributed by atoms with E-state index in [4.69, 9.17) is 0 Å². The number of nitrogens with one attached hydrogen (secondary N) is 1. The van der Waals surface area contributed by atoms with E-state index in [2.05, 4.69) is 39.5 Å². The number of piperidine rings is 1. The number of carbonyl (C=O) groups excluding carboxylic acids is 1. The van der Waals surface area contributed by atoms with Gasteiger partial charge in [0.05, 0.1) is 5.92 Å². The number of hydrogen-bond donors (Lipinski definition) is 1. The molecule has 0 bridgehead atoms. The van der Waals surface area contributed by atoms with Crippen LogP contribution in [0, 0.1) is 5.92 Å². The zero-order valence-electron chi connectivity index (χ0n) is 13.8. The summed E-state index contributed by atoms with van der Waals surface area (Å²) >= 11 is 0. The van der Waals surface area contributed by atoms with E-state index in [1.54, 1.807) is 0 Å². The molecule has 1 amide bonds. The van der Waals surface area contributed by atoms with E-state index >= 15 is 0 Å². The number of amides is 1. The monoisotopic (exact) mass is 321 g/mol. The molecule has 0 unspecified atom stereocenters. The summed E-state index contributed by atoms with van der Waals surface area (Å²) in [6, 6.07) is 16.7. The predicted molar refractivity (Wildman–Crippen MR) is 94.9 cm³/mol. The molecule has 4 rings (SSSR count). The van der Waals surface area contributed by atoms with Crippen LogP contribution in [0.4, 0.5) is 5.82 Å². The first kappa shape index (κ1) is 15.2. The van der Waals surface area contributed by atoms with Gasteiger partial charge in [-0.2, -0.15) is 0 Å². The molecule has 2 heterocycles. The van der Waals surface area contributed by atoms with E-state index in [0.717, 1.165) is 38.2 Å². The molecule has 124 valence electrons. The maximum atomic E-state index is 12.6. The molecule has 2 aromatic rings. The summed E-state index contributed by atoms with van der Waals surface area (Å²) < 4.78 is 0. The molecule has 24 heavy (non-hydrogen) atoms. The SMILES string of the molecule is O=C(N[C@@H]1C[C@H]1c1ccccc1)[C@@H]1CCCN(c2ccccn2)C1. The lowest BCUT2D eigenvalue weighted by Gasteiger charge is -2.32. The van der Waals surface area contributed by atoms with Gasteiger partial charge in [0.25, 0.3) is 0 Å². The van der Waals surface area contributed by atoms with Crippen molar-refractivity contribution in [1.82, 2.24) is 10.3 Å². The van der Waals surface area contributed by atoms with Crippen molar-refractivity contribution in [2.24, 2.45) is 5.92 Å². The molecule has 1 aromatic heterocycles. The van der Waals surface area contributed by atoms with Crippen LogP contribution >= 0.6 is 0 Å². The highest BCUT2D eigenvalue weighted by Gasteiger charge is 2.40. The summed E-state index contributed by atoms with van der Waals surface area (Å²) in [4.78, 5) is 19.3. The van der Waals surface area contributed by atoms with E-state index < -0.39 is 0 Å². The van der Waals surface area contributed by atoms with Gasteiger partial charge in [-0.15, -0.1) is 0 Å². The third kappa shape index (κ3) is 3.28. The van der Waals surface area contributed by atoms with Gasteiger partial charge in [-0.1, -0.05) is 36.4 Å². The maximum absolute atomic E-state index is 12.6. The Morgan fingerprint density at radius 2 is 1.96 bits per heavy atom. The second kappa shape index (κ2) is 6.63. The van der Waals surface area contributed by atoms with Crippen LogP contribution in [-0.2, 0) is 4.79 Å². The molecule has 4 heteroatoms. The highest BCUT2D eigenvalue weighted by atomic mass is 16.2. The molecule has 0 spiro atoms. The number of carbonyl (C=O) groups is 1. The number of aromatic nitrogens is 1. The largest absolute Gasteiger partial charge is 0.356 e. The predicted octanol–water partition coefficient (Wildman–Crippen LogP) is 2.97. The molecule has 2 fully saturated rings. The Kier molecular flexibility index (Phi) is 4.20. The number of rotatable bonds is 4. The van der Waals surface area contributed by atoms with Crippen molar-refractivity contribution < 1.29 is 4.79 Å². The zero-order chi connectivity index (χ0) is 16.4. The van der Waals surface area contributed by atoms with Crippen molar-refractivity contribution in [3.63, 3.8) is 0 Å². The molecule has 1 saturated carbocycles. The van der Waals surface area contributed by atoms with Gasteiger partial charge in [0.1, 0.15) is 5.82 Å². The van der Waals surface area contributed by atoms with E-state index in [0.29, 0.717) is 12.0 Å². The van der Waals surface area contributed by atoms with Crippen LogP contribution in [0.1, 0.15) is 30.7 Å². The highest BCUT2D eigenvalue weighted by Crippen LogP contribution is 2.40. The smallest absolute Gasteiger partial charge is 0.225 e. The van der Waals surface area contributed by atoms with Gasteiger partial charge in [0.2, 0.25) is 5.91 Å². The fraction of sp³-hybridized carbons (Fsp3) is 0.400.